The number of carbonyl (C=O) groups excluding carboxylic acids is 1. The Hall–Kier alpha value is -1.51. The zero-order valence-corrected chi connectivity index (χ0v) is 8.70. The summed E-state index contributed by atoms with van der Waals surface area (Å²) in [5.74, 6) is 0.601. The van der Waals surface area contributed by atoms with Gasteiger partial charge in [0.25, 0.3) is 0 Å². The normalized spacial score (nSPS) is 19.3. The first-order valence-electron chi connectivity index (χ1n) is 5.39. The van der Waals surface area contributed by atoms with Crippen molar-refractivity contribution in [3.05, 3.63) is 36.2 Å². The summed E-state index contributed by atoms with van der Waals surface area (Å²) < 4.78 is 0. The van der Waals surface area contributed by atoms with Gasteiger partial charge in [-0.25, -0.2) is 0 Å². The van der Waals surface area contributed by atoms with Gasteiger partial charge in [-0.1, -0.05) is 12.2 Å². The van der Waals surface area contributed by atoms with Crippen LogP contribution < -0.4 is 5.32 Å². The minimum atomic E-state index is 0.146. The first-order valence-corrected chi connectivity index (χ1v) is 5.39. The molecule has 1 amide bonds. The van der Waals surface area contributed by atoms with Crippen molar-refractivity contribution in [1.82, 2.24) is 10.3 Å². The maximum absolute atomic E-state index is 11.5. The molecule has 0 saturated heterocycles. The number of nitrogens with one attached hydrogen (secondary N) is 2. The van der Waals surface area contributed by atoms with E-state index in [0.717, 1.165) is 18.4 Å². The van der Waals surface area contributed by atoms with Crippen LogP contribution in [0.5, 0.6) is 0 Å². The number of hydrogen-bond donors (Lipinski definition) is 2. The fourth-order valence-corrected chi connectivity index (χ4v) is 1.84. The molecule has 0 saturated carbocycles. The Labute approximate surface area is 89.6 Å². The highest BCUT2D eigenvalue weighted by molar-refractivity contribution is 5.76. The Balaban J connectivity index is 1.70. The van der Waals surface area contributed by atoms with Gasteiger partial charge in [0.2, 0.25) is 5.91 Å². The average molecular weight is 204 g/mol. The van der Waals surface area contributed by atoms with Crippen LogP contribution in [0.2, 0.25) is 0 Å². The topological polar surface area (TPSA) is 44.9 Å². The standard InChI is InChI=1S/C12H16N2O/c15-12(7-10-3-1-2-4-10)14-9-11-5-6-13-8-11/h1,3,5-6,8,10,13H,2,4,7,9H2,(H,14,15). The molecule has 1 aliphatic carbocycles. The zero-order valence-electron chi connectivity index (χ0n) is 8.70. The lowest BCUT2D eigenvalue weighted by Crippen LogP contribution is -2.24. The number of hydrogen-bond acceptors (Lipinski definition) is 1. The van der Waals surface area contributed by atoms with E-state index in [-0.39, 0.29) is 5.91 Å². The molecule has 2 rings (SSSR count). The number of amides is 1. The minimum Gasteiger partial charge on any atom is -0.367 e. The Morgan fingerprint density at radius 1 is 1.60 bits per heavy atom. The molecular formula is C12H16N2O. The highest BCUT2D eigenvalue weighted by Crippen LogP contribution is 2.19. The number of H-pyrrole nitrogens is 1. The predicted molar refractivity (Wildman–Crippen MR) is 59.1 cm³/mol. The zero-order chi connectivity index (χ0) is 10.5. The van der Waals surface area contributed by atoms with Gasteiger partial charge in [-0.3, -0.25) is 4.79 Å². The highest BCUT2D eigenvalue weighted by atomic mass is 16.1. The molecule has 1 heterocycles. The van der Waals surface area contributed by atoms with E-state index in [9.17, 15) is 4.79 Å². The van der Waals surface area contributed by atoms with Crippen molar-refractivity contribution in [2.45, 2.75) is 25.8 Å². The molecule has 1 aromatic heterocycles. The summed E-state index contributed by atoms with van der Waals surface area (Å²) in [7, 11) is 0. The molecule has 0 aliphatic heterocycles. The Bertz CT molecular complexity index is 341. The number of rotatable bonds is 4. The van der Waals surface area contributed by atoms with E-state index in [1.54, 1.807) is 0 Å². The first kappa shape index (κ1) is 10.0. The van der Waals surface area contributed by atoms with Crippen LogP contribution in [0.4, 0.5) is 0 Å². The van der Waals surface area contributed by atoms with E-state index in [0.29, 0.717) is 18.9 Å². The van der Waals surface area contributed by atoms with Crippen LogP contribution in [0.1, 0.15) is 24.8 Å². The second-order valence-electron chi connectivity index (χ2n) is 3.97. The number of carbonyl (C=O) groups is 1. The molecule has 1 aromatic rings. The largest absolute Gasteiger partial charge is 0.367 e. The molecule has 1 aliphatic rings. The van der Waals surface area contributed by atoms with Crippen molar-refractivity contribution >= 4 is 5.91 Å². The van der Waals surface area contributed by atoms with Gasteiger partial charge < -0.3 is 10.3 Å². The van der Waals surface area contributed by atoms with Crippen LogP contribution in [0.3, 0.4) is 0 Å². The van der Waals surface area contributed by atoms with E-state index in [2.05, 4.69) is 22.5 Å². The summed E-state index contributed by atoms with van der Waals surface area (Å²) in [5, 5.41) is 2.92. The van der Waals surface area contributed by atoms with Crippen LogP contribution >= 0.6 is 0 Å². The van der Waals surface area contributed by atoms with Gasteiger partial charge in [0.05, 0.1) is 0 Å². The molecule has 2 N–H and O–H groups in total. The molecule has 15 heavy (non-hydrogen) atoms. The third kappa shape index (κ3) is 2.98. The molecule has 0 spiro atoms. The predicted octanol–water partition coefficient (Wildman–Crippen LogP) is 1.99. The van der Waals surface area contributed by atoms with Crippen molar-refractivity contribution in [2.75, 3.05) is 0 Å². The second-order valence-corrected chi connectivity index (χ2v) is 3.97. The van der Waals surface area contributed by atoms with Gasteiger partial charge >= 0.3 is 0 Å². The summed E-state index contributed by atoms with van der Waals surface area (Å²) in [6.07, 6.45) is 10.9. The first-order chi connectivity index (χ1) is 7.34. The van der Waals surface area contributed by atoms with Gasteiger partial charge in [-0.05, 0) is 30.4 Å². The summed E-state index contributed by atoms with van der Waals surface area (Å²) in [6.45, 7) is 0.624. The lowest BCUT2D eigenvalue weighted by Gasteiger charge is -2.07. The van der Waals surface area contributed by atoms with Crippen molar-refractivity contribution in [1.29, 1.82) is 0 Å². The van der Waals surface area contributed by atoms with Crippen molar-refractivity contribution in [3.63, 3.8) is 0 Å². The molecule has 80 valence electrons. The van der Waals surface area contributed by atoms with Crippen LogP contribution in [-0.2, 0) is 11.3 Å². The Morgan fingerprint density at radius 3 is 3.20 bits per heavy atom. The molecule has 0 radical (unpaired) electrons. The number of aromatic nitrogens is 1. The third-order valence-corrected chi connectivity index (χ3v) is 2.71. The van der Waals surface area contributed by atoms with Gasteiger partial charge in [-0.2, -0.15) is 0 Å². The van der Waals surface area contributed by atoms with Crippen molar-refractivity contribution in [2.24, 2.45) is 5.92 Å². The molecule has 0 fully saturated rings. The van der Waals surface area contributed by atoms with Gasteiger partial charge in [0.15, 0.2) is 0 Å². The van der Waals surface area contributed by atoms with E-state index < -0.39 is 0 Å². The van der Waals surface area contributed by atoms with E-state index in [1.807, 2.05) is 18.5 Å². The molecule has 0 aromatic carbocycles. The van der Waals surface area contributed by atoms with E-state index in [4.69, 9.17) is 0 Å². The third-order valence-electron chi connectivity index (χ3n) is 2.71. The van der Waals surface area contributed by atoms with Crippen molar-refractivity contribution in [3.8, 4) is 0 Å². The lowest BCUT2D eigenvalue weighted by atomic mass is 10.1. The number of allylic oxidation sites excluding steroid dienone is 2. The van der Waals surface area contributed by atoms with Gasteiger partial charge in [0.1, 0.15) is 0 Å². The van der Waals surface area contributed by atoms with Gasteiger partial charge in [0, 0.05) is 25.4 Å². The lowest BCUT2D eigenvalue weighted by molar-refractivity contribution is -0.121. The van der Waals surface area contributed by atoms with Crippen molar-refractivity contribution < 1.29 is 4.79 Å². The average Bonchev–Trinajstić information content (AvgIpc) is 2.86. The molecule has 1 unspecified atom stereocenters. The summed E-state index contributed by atoms with van der Waals surface area (Å²) >= 11 is 0. The number of aromatic amines is 1. The van der Waals surface area contributed by atoms with E-state index in [1.165, 1.54) is 0 Å². The Kier molecular flexibility index (Phi) is 3.22. The van der Waals surface area contributed by atoms with Gasteiger partial charge in [-0.15, -0.1) is 0 Å². The van der Waals surface area contributed by atoms with Crippen LogP contribution in [0, 0.1) is 5.92 Å². The smallest absolute Gasteiger partial charge is 0.220 e. The summed E-state index contributed by atoms with van der Waals surface area (Å²) in [4.78, 5) is 14.5. The summed E-state index contributed by atoms with van der Waals surface area (Å²) in [5.41, 5.74) is 1.12. The second kappa shape index (κ2) is 4.82. The van der Waals surface area contributed by atoms with Crippen LogP contribution in [-0.4, -0.2) is 10.9 Å². The molecule has 0 bridgehead atoms. The quantitative estimate of drug-likeness (QED) is 0.724. The maximum atomic E-state index is 11.5. The molecule has 1 atom stereocenters. The maximum Gasteiger partial charge on any atom is 0.220 e. The Morgan fingerprint density at radius 2 is 2.53 bits per heavy atom. The molecule has 3 nitrogen and oxygen atoms in total. The fraction of sp³-hybridized carbons (Fsp3) is 0.417. The van der Waals surface area contributed by atoms with E-state index >= 15 is 0 Å². The fourth-order valence-electron chi connectivity index (χ4n) is 1.84. The molecular weight excluding hydrogens is 188 g/mol. The SMILES string of the molecule is O=C(CC1C=CCC1)NCc1cc[nH]c1. The summed E-state index contributed by atoms with van der Waals surface area (Å²) in [6, 6.07) is 1.97. The minimum absolute atomic E-state index is 0.146. The molecule has 3 heteroatoms. The highest BCUT2D eigenvalue weighted by Gasteiger charge is 2.13. The monoisotopic (exact) mass is 204 g/mol. The van der Waals surface area contributed by atoms with Crippen LogP contribution in [0.25, 0.3) is 0 Å². The van der Waals surface area contributed by atoms with Crippen LogP contribution in [0.15, 0.2) is 30.6 Å².